The molecular weight excluding hydrogens is 443 g/mol. The minimum Gasteiger partial charge on any atom is -0.616 e. The van der Waals surface area contributed by atoms with E-state index in [2.05, 4.69) is 9.88 Å². The standard InChI is InChI=1S/C21H26Cl2N4O4/c1-13(2)10-17-19(28)24-18(21(31-3)27(17)30)20(29)26-8-6-25(7-9-26)12-14-4-5-15(22)11-16(14)23/h4-5,11,13H,6-10,12H2,1-3H3,(H,24,28). The highest BCUT2D eigenvalue weighted by Crippen LogP contribution is 2.23. The number of amides is 1. The molecule has 31 heavy (non-hydrogen) atoms. The average molecular weight is 469 g/mol. The van der Waals surface area contributed by atoms with Crippen LogP contribution in [0, 0.1) is 11.1 Å². The third-order valence-electron chi connectivity index (χ3n) is 5.22. The van der Waals surface area contributed by atoms with Gasteiger partial charge in [0.2, 0.25) is 5.69 Å². The van der Waals surface area contributed by atoms with Gasteiger partial charge in [0.25, 0.3) is 11.6 Å². The first kappa shape index (κ1) is 23.4. The van der Waals surface area contributed by atoms with E-state index in [1.54, 1.807) is 17.0 Å². The normalized spacial score (nSPS) is 14.8. The van der Waals surface area contributed by atoms with E-state index in [9.17, 15) is 14.8 Å². The maximum atomic E-state index is 13.0. The van der Waals surface area contributed by atoms with Crippen LogP contribution in [0.1, 0.15) is 35.6 Å². The Bertz CT molecular complexity index is 1020. The van der Waals surface area contributed by atoms with E-state index in [0.717, 1.165) is 5.56 Å². The van der Waals surface area contributed by atoms with Crippen LogP contribution in [0.4, 0.5) is 0 Å². The van der Waals surface area contributed by atoms with Crippen molar-refractivity contribution in [2.24, 2.45) is 5.92 Å². The predicted molar refractivity (Wildman–Crippen MR) is 119 cm³/mol. The molecule has 1 aliphatic heterocycles. The van der Waals surface area contributed by atoms with Gasteiger partial charge in [0.05, 0.1) is 7.11 Å². The average Bonchev–Trinajstić information content (AvgIpc) is 2.72. The van der Waals surface area contributed by atoms with Gasteiger partial charge in [0.15, 0.2) is 0 Å². The summed E-state index contributed by atoms with van der Waals surface area (Å²) in [5.74, 6) is -0.510. The molecule has 168 valence electrons. The van der Waals surface area contributed by atoms with Gasteiger partial charge in [-0.15, -0.1) is 4.73 Å². The number of aromatic nitrogens is 2. The smallest absolute Gasteiger partial charge is 0.409 e. The molecule has 8 nitrogen and oxygen atoms in total. The number of ether oxygens (including phenoxy) is 1. The maximum absolute atomic E-state index is 13.0. The minimum absolute atomic E-state index is 0.0352. The Morgan fingerprint density at radius 2 is 1.94 bits per heavy atom. The number of methoxy groups -OCH3 is 1. The van der Waals surface area contributed by atoms with Crippen molar-refractivity contribution in [1.82, 2.24) is 14.8 Å². The summed E-state index contributed by atoms with van der Waals surface area (Å²) in [5, 5.41) is 13.8. The van der Waals surface area contributed by atoms with Crippen LogP contribution >= 0.6 is 23.2 Å². The van der Waals surface area contributed by atoms with Crippen molar-refractivity contribution in [3.8, 4) is 5.88 Å². The monoisotopic (exact) mass is 468 g/mol. The summed E-state index contributed by atoms with van der Waals surface area (Å²) in [6.45, 7) is 6.59. The molecule has 1 aromatic heterocycles. The van der Waals surface area contributed by atoms with Crippen LogP contribution in [-0.2, 0) is 13.0 Å². The van der Waals surface area contributed by atoms with Gasteiger partial charge < -0.3 is 19.8 Å². The fourth-order valence-electron chi connectivity index (χ4n) is 3.61. The topological polar surface area (TPSA) is 92.6 Å². The van der Waals surface area contributed by atoms with Crippen molar-refractivity contribution >= 4 is 29.1 Å². The number of piperazine rings is 1. The van der Waals surface area contributed by atoms with E-state index >= 15 is 0 Å². The molecule has 0 bridgehead atoms. The van der Waals surface area contributed by atoms with Gasteiger partial charge >= 0.3 is 11.4 Å². The third kappa shape index (κ3) is 5.31. The van der Waals surface area contributed by atoms with Crippen LogP contribution in [0.15, 0.2) is 23.0 Å². The number of halogens is 2. The number of carbonyl (C=O) groups is 1. The van der Waals surface area contributed by atoms with E-state index in [1.165, 1.54) is 7.11 Å². The lowest BCUT2D eigenvalue weighted by molar-refractivity contribution is -0.622. The van der Waals surface area contributed by atoms with Crippen LogP contribution in [0.25, 0.3) is 0 Å². The van der Waals surface area contributed by atoms with Crippen LogP contribution in [-0.4, -0.2) is 54.0 Å². The van der Waals surface area contributed by atoms with Crippen molar-refractivity contribution in [2.75, 3.05) is 33.3 Å². The SMILES string of the molecule is COc1c(C(=O)N2CCN(Cc3ccc(Cl)cc3Cl)CC2)[nH]c(=O)c(CC(C)C)[n+]1[O-]. The molecule has 0 radical (unpaired) electrons. The Hall–Kier alpha value is -2.29. The summed E-state index contributed by atoms with van der Waals surface area (Å²) in [6, 6.07) is 5.40. The molecule has 1 N–H and O–H groups in total. The van der Waals surface area contributed by atoms with Gasteiger partial charge in [-0.05, 0) is 23.6 Å². The summed E-state index contributed by atoms with van der Waals surface area (Å²) in [6.07, 6.45) is 0.287. The fourth-order valence-corrected chi connectivity index (χ4v) is 4.07. The van der Waals surface area contributed by atoms with Gasteiger partial charge in [-0.3, -0.25) is 14.5 Å². The number of carbonyl (C=O) groups excluding carboxylic acids is 1. The molecule has 2 aromatic rings. The summed E-state index contributed by atoms with van der Waals surface area (Å²) in [5.41, 5.74) is 0.311. The molecule has 0 saturated carbocycles. The molecule has 1 saturated heterocycles. The number of H-pyrrole nitrogens is 1. The highest BCUT2D eigenvalue weighted by Gasteiger charge is 2.32. The number of benzene rings is 1. The summed E-state index contributed by atoms with van der Waals surface area (Å²) in [7, 11) is 1.31. The Kier molecular flexibility index (Phi) is 7.46. The number of aromatic amines is 1. The van der Waals surface area contributed by atoms with E-state index in [1.807, 2.05) is 19.9 Å². The second kappa shape index (κ2) is 9.89. The molecule has 1 aromatic carbocycles. The minimum atomic E-state index is -0.566. The van der Waals surface area contributed by atoms with E-state index in [4.69, 9.17) is 27.9 Å². The molecular formula is C21H26Cl2N4O4. The highest BCUT2D eigenvalue weighted by atomic mass is 35.5. The van der Waals surface area contributed by atoms with Crippen molar-refractivity contribution in [3.63, 3.8) is 0 Å². The highest BCUT2D eigenvalue weighted by molar-refractivity contribution is 6.35. The van der Waals surface area contributed by atoms with Crippen LogP contribution in [0.5, 0.6) is 5.88 Å². The Morgan fingerprint density at radius 3 is 2.52 bits per heavy atom. The molecule has 1 aliphatic rings. The summed E-state index contributed by atoms with van der Waals surface area (Å²) < 4.78 is 5.62. The molecule has 3 rings (SSSR count). The Balaban J connectivity index is 1.72. The van der Waals surface area contributed by atoms with Crippen molar-refractivity contribution < 1.29 is 14.3 Å². The quantitative estimate of drug-likeness (QED) is 0.519. The van der Waals surface area contributed by atoms with Gasteiger partial charge in [-0.1, -0.05) is 43.1 Å². The number of nitrogens with zero attached hydrogens (tertiary/aromatic N) is 3. The zero-order valence-corrected chi connectivity index (χ0v) is 19.3. The molecule has 2 heterocycles. The summed E-state index contributed by atoms with van der Waals surface area (Å²) >= 11 is 12.2. The van der Waals surface area contributed by atoms with Crippen molar-refractivity contribution in [1.29, 1.82) is 0 Å². The summed E-state index contributed by atoms with van der Waals surface area (Å²) in [4.78, 5) is 31.8. The lowest BCUT2D eigenvalue weighted by Gasteiger charge is -2.34. The molecule has 10 heteroatoms. The number of rotatable bonds is 6. The molecule has 0 spiro atoms. The number of nitrogens with one attached hydrogen (secondary N) is 1. The maximum Gasteiger partial charge on any atom is 0.409 e. The largest absolute Gasteiger partial charge is 0.616 e. The second-order valence-electron chi connectivity index (χ2n) is 7.98. The Morgan fingerprint density at radius 1 is 1.26 bits per heavy atom. The Labute approximate surface area is 190 Å². The zero-order valence-electron chi connectivity index (χ0n) is 17.8. The van der Waals surface area contributed by atoms with E-state index in [0.29, 0.717) is 47.5 Å². The van der Waals surface area contributed by atoms with Crippen LogP contribution in [0.2, 0.25) is 10.0 Å². The molecule has 1 fully saturated rings. The van der Waals surface area contributed by atoms with Gasteiger partial charge in [0.1, 0.15) is 0 Å². The number of hydrogen-bond acceptors (Lipinski definition) is 5. The zero-order chi connectivity index (χ0) is 22.7. The molecule has 1 amide bonds. The fraction of sp³-hybridized carbons (Fsp3) is 0.476. The van der Waals surface area contributed by atoms with Crippen LogP contribution in [0.3, 0.4) is 0 Å². The number of hydrogen-bond donors (Lipinski definition) is 1. The van der Waals surface area contributed by atoms with Gasteiger partial charge in [0, 0.05) is 49.2 Å². The lowest BCUT2D eigenvalue weighted by atomic mass is 10.1. The molecule has 0 unspecified atom stereocenters. The molecule has 0 aliphatic carbocycles. The second-order valence-corrected chi connectivity index (χ2v) is 8.83. The van der Waals surface area contributed by atoms with E-state index in [-0.39, 0.29) is 29.6 Å². The first-order valence-electron chi connectivity index (χ1n) is 10.1. The van der Waals surface area contributed by atoms with Crippen molar-refractivity contribution in [3.05, 3.63) is 60.8 Å². The van der Waals surface area contributed by atoms with E-state index < -0.39 is 11.5 Å². The van der Waals surface area contributed by atoms with Gasteiger partial charge in [-0.25, -0.2) is 0 Å². The van der Waals surface area contributed by atoms with Crippen molar-refractivity contribution in [2.45, 2.75) is 26.8 Å². The lowest BCUT2D eigenvalue weighted by Crippen LogP contribution is -2.50. The molecule has 0 atom stereocenters. The first-order chi connectivity index (χ1) is 14.7. The first-order valence-corrected chi connectivity index (χ1v) is 10.8. The van der Waals surface area contributed by atoms with Crippen LogP contribution < -0.4 is 15.0 Å². The third-order valence-corrected chi connectivity index (χ3v) is 5.81. The predicted octanol–water partition coefficient (Wildman–Crippen LogP) is 2.48. The van der Waals surface area contributed by atoms with Gasteiger partial charge in [-0.2, -0.15) is 0 Å².